The van der Waals surface area contributed by atoms with Crippen molar-refractivity contribution >= 4 is 136 Å². The van der Waals surface area contributed by atoms with Crippen LogP contribution in [-0.4, -0.2) is 104 Å². The molecule has 11 aromatic rings. The molecule has 0 saturated carbocycles. The Morgan fingerprint density at radius 2 is 0.533 bits per heavy atom. The maximum absolute atomic E-state index is 13.1. The second kappa shape index (κ2) is 21.9. The Morgan fingerprint density at radius 1 is 0.315 bits per heavy atom. The highest BCUT2D eigenvalue weighted by Crippen LogP contribution is 2.46. The highest BCUT2D eigenvalue weighted by atomic mass is 16.6. The molecular formula is C60H34N16O16. The molecule has 8 bridgehead atoms. The van der Waals surface area contributed by atoms with Gasteiger partial charge < -0.3 is 51.7 Å². The van der Waals surface area contributed by atoms with Gasteiger partial charge in [-0.1, -0.05) is 0 Å². The third-order valence-corrected chi connectivity index (χ3v) is 14.7. The van der Waals surface area contributed by atoms with Crippen LogP contribution in [0, 0.1) is 40.5 Å². The SMILES string of the molecule is O=C(O)c1ccc(Nc2cc3c(cc2[N+](=O)[O-])-c2nc-3nc3[nH]c(nc4nc(nc5[nH]c(n2)c2cc(Nc6ccc(C(=O)O)cc6)c([N+](=O)[O-])cc52)-c2cc(Nc5ccc(C(=O)O)cc5)c([N+](=O)[O-])cc2-4)c2cc(Nc4ccc(C(=O)O)cc4)c([N+](=O)[O-])cc32)cc1. The number of carboxylic acids is 4. The summed E-state index contributed by atoms with van der Waals surface area (Å²) in [6.07, 6.45) is 0. The van der Waals surface area contributed by atoms with Gasteiger partial charge >= 0.3 is 23.9 Å². The van der Waals surface area contributed by atoms with Crippen molar-refractivity contribution in [1.29, 1.82) is 0 Å². The molecule has 450 valence electrons. The zero-order valence-corrected chi connectivity index (χ0v) is 46.0. The van der Waals surface area contributed by atoms with Crippen LogP contribution in [-0.2, 0) is 0 Å². The first-order valence-corrected chi connectivity index (χ1v) is 26.7. The van der Waals surface area contributed by atoms with Gasteiger partial charge in [0, 0.05) is 90.8 Å². The lowest BCUT2D eigenvalue weighted by molar-refractivity contribution is -0.384. The quantitative estimate of drug-likeness (QED) is 0.0317. The van der Waals surface area contributed by atoms with E-state index in [0.717, 1.165) is 24.3 Å². The maximum Gasteiger partial charge on any atom is 0.335 e. The third-order valence-electron chi connectivity index (χ3n) is 14.7. The van der Waals surface area contributed by atoms with Gasteiger partial charge in [0.1, 0.15) is 45.3 Å². The molecule has 0 aliphatic carbocycles. The van der Waals surface area contributed by atoms with Gasteiger partial charge in [0.15, 0.2) is 23.3 Å². The summed E-state index contributed by atoms with van der Waals surface area (Å²) in [6, 6.07) is 31.1. The predicted octanol–water partition coefficient (Wildman–Crippen LogP) is 12.3. The van der Waals surface area contributed by atoms with Crippen LogP contribution in [0.5, 0.6) is 0 Å². The lowest BCUT2D eigenvalue weighted by atomic mass is 10.1. The molecule has 0 amide bonds. The first-order valence-electron chi connectivity index (χ1n) is 26.7. The van der Waals surface area contributed by atoms with E-state index in [-0.39, 0.29) is 157 Å². The third kappa shape index (κ3) is 10.4. The number of aromatic amines is 2. The zero-order valence-electron chi connectivity index (χ0n) is 46.0. The largest absolute Gasteiger partial charge is 0.478 e. The second-order valence-corrected chi connectivity index (χ2v) is 20.3. The molecule has 5 heterocycles. The Bertz CT molecular complexity index is 4980. The molecule has 92 heavy (non-hydrogen) atoms. The fourth-order valence-corrected chi connectivity index (χ4v) is 10.3. The average Bonchev–Trinajstić information content (AvgIpc) is 1.59. The van der Waals surface area contributed by atoms with Gasteiger partial charge in [-0.05, 0) is 121 Å². The number of aromatic nitrogens is 8. The number of hydrogen-bond acceptors (Lipinski definition) is 22. The van der Waals surface area contributed by atoms with Crippen molar-refractivity contribution < 1.29 is 59.3 Å². The number of aromatic carboxylic acids is 4. The van der Waals surface area contributed by atoms with Gasteiger partial charge in [-0.15, -0.1) is 0 Å². The van der Waals surface area contributed by atoms with Crippen molar-refractivity contribution in [3.63, 3.8) is 0 Å². The summed E-state index contributed by atoms with van der Waals surface area (Å²) >= 11 is 0. The van der Waals surface area contributed by atoms with Crippen LogP contribution in [0.4, 0.5) is 68.2 Å². The Morgan fingerprint density at radius 3 is 0.772 bits per heavy atom. The molecule has 0 spiro atoms. The molecule has 2 aliphatic heterocycles. The molecule has 0 radical (unpaired) electrons. The fraction of sp³-hybridized carbons (Fsp3) is 0. The second-order valence-electron chi connectivity index (χ2n) is 20.3. The normalized spacial score (nSPS) is 11.3. The molecule has 0 fully saturated rings. The first-order chi connectivity index (χ1) is 44.1. The lowest BCUT2D eigenvalue weighted by Crippen LogP contribution is -2.00. The van der Waals surface area contributed by atoms with E-state index in [2.05, 4.69) is 31.2 Å². The molecule has 13 rings (SSSR count). The number of H-pyrrole nitrogens is 2. The molecule has 0 saturated heterocycles. The van der Waals surface area contributed by atoms with Gasteiger partial charge in [-0.2, -0.15) is 0 Å². The molecule has 32 nitrogen and oxygen atoms in total. The molecule has 0 unspecified atom stereocenters. The zero-order chi connectivity index (χ0) is 64.5. The standard InChI is InChI=1S/C60H34N16O16/c77-57(78)25-1-9-29(10-2-25)61-41-17-33-37(21-45(41)73(85)86)53-65-49(33)69-54-38-22-46(74(87)88)42(62-30-11-3-26(4-12-30)58(79)80)18-34(38)51(66-54)71-56-40-24-48(76(91)92)44(64-32-15-7-28(8-16-32)60(83)84)20-36(40)52(68-56)72-55-39-23-47(75(89)90)43(19-35(39)50(67-55)70-53)63-31-13-5-27(6-14-31)59(81)82/h1-24,61-64H,(H,77,78)(H,79,80)(H,81,82)(H,83,84)(H2,65,66,67,68,69,70,71,72). The van der Waals surface area contributed by atoms with Crippen LogP contribution < -0.4 is 21.3 Å². The van der Waals surface area contributed by atoms with Crippen molar-refractivity contribution in [3.05, 3.63) is 208 Å². The number of nitro groups is 4. The number of rotatable bonds is 16. The highest BCUT2D eigenvalue weighted by molar-refractivity contribution is 6.10. The number of nitrogens with one attached hydrogen (secondary N) is 6. The molecule has 2 aliphatic rings. The van der Waals surface area contributed by atoms with Gasteiger partial charge in [-0.25, -0.2) is 49.1 Å². The van der Waals surface area contributed by atoms with Gasteiger partial charge in [0.25, 0.3) is 22.7 Å². The predicted molar refractivity (Wildman–Crippen MR) is 329 cm³/mol. The number of benzene rings is 8. The summed E-state index contributed by atoms with van der Waals surface area (Å²) in [5.41, 5.74) is -2.75. The van der Waals surface area contributed by atoms with Gasteiger partial charge in [-0.3, -0.25) is 40.5 Å². The first kappa shape index (κ1) is 56.9. The van der Waals surface area contributed by atoms with Crippen LogP contribution in [0.25, 0.3) is 89.7 Å². The molecule has 32 heteroatoms. The van der Waals surface area contributed by atoms with Crippen molar-refractivity contribution in [3.8, 4) is 45.6 Å². The number of fused-ring (bicyclic) bond motifs is 20. The molecule has 10 N–H and O–H groups in total. The van der Waals surface area contributed by atoms with Crippen molar-refractivity contribution in [2.45, 2.75) is 0 Å². The number of carboxylic acid groups (broad SMARTS) is 4. The van der Waals surface area contributed by atoms with Crippen molar-refractivity contribution in [2.75, 3.05) is 21.3 Å². The summed E-state index contributed by atoms with van der Waals surface area (Å²) in [7, 11) is 0. The van der Waals surface area contributed by atoms with E-state index >= 15 is 0 Å². The van der Waals surface area contributed by atoms with Gasteiger partial charge in [0.2, 0.25) is 0 Å². The minimum Gasteiger partial charge on any atom is -0.478 e. The van der Waals surface area contributed by atoms with Crippen LogP contribution >= 0.6 is 0 Å². The summed E-state index contributed by atoms with van der Waals surface area (Å²) in [5.74, 6) is -5.90. The molecule has 3 aromatic heterocycles. The minimum atomic E-state index is -1.23. The molecular weight excluding hydrogens is 1200 g/mol. The van der Waals surface area contributed by atoms with Crippen LogP contribution in [0.15, 0.2) is 146 Å². The average molecular weight is 1240 g/mol. The molecule has 0 atom stereocenters. The summed E-state index contributed by atoms with van der Waals surface area (Å²) in [6.45, 7) is 0. The van der Waals surface area contributed by atoms with E-state index in [0.29, 0.717) is 0 Å². The Labute approximate surface area is 508 Å². The van der Waals surface area contributed by atoms with E-state index in [1.165, 1.54) is 121 Å². The number of nitrogens with zero attached hydrogens (tertiary/aromatic N) is 10. The lowest BCUT2D eigenvalue weighted by Gasteiger charge is -2.10. The number of hydrogen-bond donors (Lipinski definition) is 10. The smallest absolute Gasteiger partial charge is 0.335 e. The van der Waals surface area contributed by atoms with Gasteiger partial charge in [0.05, 0.1) is 41.9 Å². The number of nitro benzene ring substituents is 4. The Hall–Kier alpha value is -14.2. The van der Waals surface area contributed by atoms with Crippen molar-refractivity contribution in [2.24, 2.45) is 0 Å². The maximum atomic E-state index is 13.1. The van der Waals surface area contributed by atoms with Crippen LogP contribution in [0.2, 0.25) is 0 Å². The van der Waals surface area contributed by atoms with Crippen LogP contribution in [0.1, 0.15) is 41.4 Å². The van der Waals surface area contributed by atoms with E-state index in [9.17, 15) is 80.1 Å². The monoisotopic (exact) mass is 1230 g/mol. The number of carbonyl (C=O) groups is 4. The van der Waals surface area contributed by atoms with E-state index in [4.69, 9.17) is 29.9 Å². The van der Waals surface area contributed by atoms with E-state index in [1.807, 2.05) is 0 Å². The minimum absolute atomic E-state index is 0.00548. The van der Waals surface area contributed by atoms with Crippen molar-refractivity contribution in [1.82, 2.24) is 39.9 Å². The number of anilines is 8. The summed E-state index contributed by atoms with van der Waals surface area (Å²) in [5, 5.41) is 103. The van der Waals surface area contributed by atoms with E-state index in [1.54, 1.807) is 0 Å². The van der Waals surface area contributed by atoms with E-state index < -0.39 is 66.3 Å². The highest BCUT2D eigenvalue weighted by Gasteiger charge is 2.31. The molecule has 8 aromatic carbocycles. The Kier molecular flexibility index (Phi) is 13.6. The fourth-order valence-electron chi connectivity index (χ4n) is 10.3. The Balaban J connectivity index is 1.13. The van der Waals surface area contributed by atoms with Crippen LogP contribution in [0.3, 0.4) is 0 Å². The summed E-state index contributed by atoms with van der Waals surface area (Å²) < 4.78 is 0. The summed E-state index contributed by atoms with van der Waals surface area (Å²) in [4.78, 5) is 132. The topological polar surface area (TPSA) is 479 Å².